The summed E-state index contributed by atoms with van der Waals surface area (Å²) in [4.78, 5) is 18.7. The van der Waals surface area contributed by atoms with Crippen LogP contribution in [0, 0.1) is 5.92 Å². The van der Waals surface area contributed by atoms with Crippen molar-refractivity contribution in [2.45, 2.75) is 43.4 Å². The van der Waals surface area contributed by atoms with Crippen molar-refractivity contribution >= 4 is 23.8 Å². The van der Waals surface area contributed by atoms with Gasteiger partial charge in [0, 0.05) is 21.3 Å². The second-order valence-corrected chi connectivity index (χ2v) is 7.70. The van der Waals surface area contributed by atoms with Crippen LogP contribution < -0.4 is 0 Å². The Bertz CT molecular complexity index is 779. The zero-order chi connectivity index (χ0) is 16.4. The average Bonchev–Trinajstić information content (AvgIpc) is 2.92. The number of fused-ring (bicyclic) bond motifs is 2. The molecule has 0 amide bonds. The zero-order valence-electron chi connectivity index (χ0n) is 13.7. The number of aliphatic imine (C=N–C) groups is 1. The highest BCUT2D eigenvalue weighted by molar-refractivity contribution is 8.03. The normalized spacial score (nSPS) is 21.2. The van der Waals surface area contributed by atoms with Crippen LogP contribution in [-0.2, 0) is 4.79 Å². The molecule has 0 saturated heterocycles. The van der Waals surface area contributed by atoms with Gasteiger partial charge in [-0.3, -0.25) is 9.79 Å². The summed E-state index contributed by atoms with van der Waals surface area (Å²) in [5.41, 5.74) is 4.39. The molecule has 0 bridgehead atoms. The topological polar surface area (TPSA) is 29.4 Å². The molecule has 1 heterocycles. The quantitative estimate of drug-likeness (QED) is 0.672. The summed E-state index contributed by atoms with van der Waals surface area (Å²) in [6.07, 6.45) is 14.1. The lowest BCUT2D eigenvalue weighted by Crippen LogP contribution is -2.19. The van der Waals surface area contributed by atoms with Crippen LogP contribution >= 0.6 is 11.8 Å². The third-order valence-corrected chi connectivity index (χ3v) is 6.14. The van der Waals surface area contributed by atoms with Gasteiger partial charge in [0.05, 0.1) is 11.4 Å². The maximum Gasteiger partial charge on any atom is 0.146 e. The monoisotopic (exact) mass is 335 g/mol. The summed E-state index contributed by atoms with van der Waals surface area (Å²) in [7, 11) is 0. The van der Waals surface area contributed by atoms with Crippen LogP contribution in [0.4, 0.5) is 0 Å². The molecule has 1 fully saturated rings. The van der Waals surface area contributed by atoms with E-state index in [-0.39, 0.29) is 0 Å². The lowest BCUT2D eigenvalue weighted by molar-refractivity contribution is -0.104. The lowest BCUT2D eigenvalue weighted by atomic mass is 9.83. The lowest BCUT2D eigenvalue weighted by Gasteiger charge is -2.24. The van der Waals surface area contributed by atoms with Crippen LogP contribution in [0.3, 0.4) is 0 Å². The largest absolute Gasteiger partial charge is 0.298 e. The Hall–Kier alpha value is -1.87. The first-order valence-corrected chi connectivity index (χ1v) is 9.59. The first kappa shape index (κ1) is 15.6. The van der Waals surface area contributed by atoms with Gasteiger partial charge in [0.15, 0.2) is 0 Å². The Kier molecular flexibility index (Phi) is 4.52. The highest BCUT2D eigenvalue weighted by atomic mass is 32.2. The van der Waals surface area contributed by atoms with E-state index in [9.17, 15) is 4.79 Å². The maximum atomic E-state index is 11.1. The Labute approximate surface area is 147 Å². The molecule has 3 heteroatoms. The number of allylic oxidation sites excluding steroid dienone is 4. The molecule has 2 aliphatic carbocycles. The van der Waals surface area contributed by atoms with E-state index in [2.05, 4.69) is 36.4 Å². The van der Waals surface area contributed by atoms with Crippen molar-refractivity contribution in [2.24, 2.45) is 10.9 Å². The molecule has 0 N–H and O–H groups in total. The molecule has 122 valence electrons. The molecule has 0 spiro atoms. The van der Waals surface area contributed by atoms with Crippen LogP contribution in [0.5, 0.6) is 0 Å². The van der Waals surface area contributed by atoms with Crippen LogP contribution in [-0.4, -0.2) is 12.0 Å². The minimum Gasteiger partial charge on any atom is -0.298 e. The molecule has 1 saturated carbocycles. The summed E-state index contributed by atoms with van der Waals surface area (Å²) in [5, 5.41) is 0. The predicted molar refractivity (Wildman–Crippen MR) is 100 cm³/mol. The number of carbonyl (C=O) groups is 1. The highest BCUT2D eigenvalue weighted by Crippen LogP contribution is 2.42. The van der Waals surface area contributed by atoms with E-state index in [0.29, 0.717) is 12.3 Å². The molecule has 0 atom stereocenters. The van der Waals surface area contributed by atoms with Gasteiger partial charge in [-0.25, -0.2) is 0 Å². The molecule has 0 radical (unpaired) electrons. The SMILES string of the molecule is O=CC1=CC=C2Sc3ccccc3C(C3CCCCC3)=NC2=CC1. The van der Waals surface area contributed by atoms with Gasteiger partial charge in [-0.15, -0.1) is 0 Å². The van der Waals surface area contributed by atoms with E-state index in [0.717, 1.165) is 22.5 Å². The fraction of sp³-hybridized carbons (Fsp3) is 0.333. The summed E-state index contributed by atoms with van der Waals surface area (Å²) >= 11 is 1.77. The van der Waals surface area contributed by atoms with Crippen molar-refractivity contribution in [3.63, 3.8) is 0 Å². The summed E-state index contributed by atoms with van der Waals surface area (Å²) in [5.74, 6) is 0.558. The minimum absolute atomic E-state index is 0.558. The predicted octanol–water partition coefficient (Wildman–Crippen LogP) is 5.46. The van der Waals surface area contributed by atoms with Crippen molar-refractivity contribution in [1.29, 1.82) is 0 Å². The fourth-order valence-corrected chi connectivity index (χ4v) is 4.72. The minimum atomic E-state index is 0.558. The van der Waals surface area contributed by atoms with E-state index in [1.807, 2.05) is 6.08 Å². The van der Waals surface area contributed by atoms with Crippen molar-refractivity contribution in [3.05, 3.63) is 64.2 Å². The van der Waals surface area contributed by atoms with Gasteiger partial charge < -0.3 is 0 Å². The van der Waals surface area contributed by atoms with Gasteiger partial charge in [0.2, 0.25) is 0 Å². The smallest absolute Gasteiger partial charge is 0.146 e. The van der Waals surface area contributed by atoms with Crippen LogP contribution in [0.25, 0.3) is 0 Å². The van der Waals surface area contributed by atoms with Crippen molar-refractivity contribution in [1.82, 2.24) is 0 Å². The molecule has 2 nitrogen and oxygen atoms in total. The molecular formula is C21H21NOS. The van der Waals surface area contributed by atoms with E-state index in [1.165, 1.54) is 48.3 Å². The molecule has 4 rings (SSSR count). The fourth-order valence-electron chi connectivity index (χ4n) is 3.69. The second kappa shape index (κ2) is 6.94. The Balaban J connectivity index is 1.82. The number of carbonyl (C=O) groups excluding carboxylic acids is 1. The number of aldehydes is 1. The van der Waals surface area contributed by atoms with Gasteiger partial charge in [-0.05, 0) is 37.0 Å². The standard InChI is InChI=1S/C21H21NOS/c23-14-15-10-12-18-20(13-11-15)24-19-9-5-4-8-17(19)21(22-18)16-6-2-1-3-7-16/h4-5,8-9,11-14,16H,1-3,6-7,10H2. The maximum absolute atomic E-state index is 11.1. The van der Waals surface area contributed by atoms with Crippen molar-refractivity contribution in [2.75, 3.05) is 0 Å². The Morgan fingerprint density at radius 1 is 1.08 bits per heavy atom. The number of hydrogen-bond acceptors (Lipinski definition) is 3. The van der Waals surface area contributed by atoms with Gasteiger partial charge >= 0.3 is 0 Å². The summed E-state index contributed by atoms with van der Waals surface area (Å²) in [6, 6.07) is 8.63. The number of benzene rings is 1. The van der Waals surface area contributed by atoms with E-state index in [4.69, 9.17) is 4.99 Å². The molecule has 0 aromatic heterocycles. The molecule has 0 unspecified atom stereocenters. The van der Waals surface area contributed by atoms with Gasteiger partial charge in [-0.1, -0.05) is 61.4 Å². The third kappa shape index (κ3) is 3.05. The first-order valence-electron chi connectivity index (χ1n) is 8.77. The number of thioether (sulfide) groups is 1. The van der Waals surface area contributed by atoms with E-state index in [1.54, 1.807) is 11.8 Å². The molecule has 1 aromatic rings. The first-order chi connectivity index (χ1) is 11.8. The average molecular weight is 335 g/mol. The van der Waals surface area contributed by atoms with Crippen LogP contribution in [0.15, 0.2) is 68.6 Å². The molecule has 3 aliphatic rings. The Morgan fingerprint density at radius 3 is 2.75 bits per heavy atom. The Morgan fingerprint density at radius 2 is 1.92 bits per heavy atom. The molecule has 24 heavy (non-hydrogen) atoms. The summed E-state index contributed by atoms with van der Waals surface area (Å²) in [6.45, 7) is 0. The highest BCUT2D eigenvalue weighted by Gasteiger charge is 2.26. The third-order valence-electron chi connectivity index (χ3n) is 5.00. The number of nitrogens with zero attached hydrogens (tertiary/aromatic N) is 1. The molecule has 1 aliphatic heterocycles. The number of rotatable bonds is 2. The summed E-state index contributed by atoms with van der Waals surface area (Å²) < 4.78 is 0. The number of hydrogen-bond donors (Lipinski definition) is 0. The van der Waals surface area contributed by atoms with Gasteiger partial charge in [0.25, 0.3) is 0 Å². The van der Waals surface area contributed by atoms with Crippen molar-refractivity contribution in [3.8, 4) is 0 Å². The van der Waals surface area contributed by atoms with Crippen molar-refractivity contribution < 1.29 is 4.79 Å². The van der Waals surface area contributed by atoms with E-state index >= 15 is 0 Å². The molecule has 1 aromatic carbocycles. The van der Waals surface area contributed by atoms with E-state index < -0.39 is 0 Å². The second-order valence-electron chi connectivity index (χ2n) is 6.61. The van der Waals surface area contributed by atoms with Gasteiger partial charge in [-0.2, -0.15) is 0 Å². The molecular weight excluding hydrogens is 314 g/mol. The van der Waals surface area contributed by atoms with Gasteiger partial charge in [0.1, 0.15) is 6.29 Å². The zero-order valence-corrected chi connectivity index (χ0v) is 14.5. The van der Waals surface area contributed by atoms with Crippen LogP contribution in [0.1, 0.15) is 44.1 Å². The van der Waals surface area contributed by atoms with Crippen LogP contribution in [0.2, 0.25) is 0 Å².